The monoisotopic (exact) mass is 521 g/mol. The second kappa shape index (κ2) is 8.19. The highest BCUT2D eigenvalue weighted by Gasteiger charge is 2.95. The van der Waals surface area contributed by atoms with Crippen LogP contribution in [0.1, 0.15) is 6.42 Å². The van der Waals surface area contributed by atoms with Gasteiger partial charge in [0.15, 0.2) is 0 Å². The normalized spacial score (nSPS) is 17.2. The lowest BCUT2D eigenvalue weighted by Gasteiger charge is -2.43. The Bertz CT molecular complexity index is 653. The maximum absolute atomic E-state index is 13.5. The van der Waals surface area contributed by atoms with E-state index in [1.807, 2.05) is 0 Å². The van der Waals surface area contributed by atoms with Gasteiger partial charge in [-0.05, 0) is 14.1 Å². The molecule has 0 aromatic heterocycles. The Morgan fingerprint density at radius 3 is 1.09 bits per heavy atom. The molecule has 0 heterocycles. The first kappa shape index (κ1) is 30.7. The molecule has 1 N–H and O–H groups in total. The molecule has 2 nitrogen and oxygen atoms in total. The predicted molar refractivity (Wildman–Crippen MR) is 69.9 cm³/mol. The maximum Gasteiger partial charge on any atom is 0.460 e. The molecule has 0 aromatic carbocycles. The van der Waals surface area contributed by atoms with Crippen LogP contribution in [0.4, 0.5) is 74.6 Å². The molecule has 0 aliphatic heterocycles. The van der Waals surface area contributed by atoms with Crippen LogP contribution in [-0.4, -0.2) is 84.4 Å². The summed E-state index contributed by atoms with van der Waals surface area (Å²) in [6.45, 7) is -1.03. The minimum Gasteiger partial charge on any atom is -0.392 e. The van der Waals surface area contributed by atoms with Crippen LogP contribution in [0.5, 0.6) is 0 Å². The van der Waals surface area contributed by atoms with E-state index in [0.717, 1.165) is 19.0 Å². The van der Waals surface area contributed by atoms with Crippen molar-refractivity contribution in [3.05, 3.63) is 0 Å². The van der Waals surface area contributed by atoms with Crippen molar-refractivity contribution in [2.24, 2.45) is 0 Å². The van der Waals surface area contributed by atoms with E-state index in [4.69, 9.17) is 5.11 Å². The Labute approximate surface area is 166 Å². The number of nitrogens with zero attached hydrogens (tertiary/aromatic N) is 1. The van der Waals surface area contributed by atoms with Gasteiger partial charge in [-0.2, -0.15) is 74.6 Å². The van der Waals surface area contributed by atoms with Crippen LogP contribution in [0.3, 0.4) is 0 Å². The summed E-state index contributed by atoms with van der Waals surface area (Å²) < 4.78 is 222. The van der Waals surface area contributed by atoms with Crippen molar-refractivity contribution in [1.82, 2.24) is 4.90 Å². The Hall–Kier alpha value is -1.27. The molecule has 0 aliphatic rings. The minimum absolute atomic E-state index is 0.763. The summed E-state index contributed by atoms with van der Waals surface area (Å²) >= 11 is 0. The summed E-state index contributed by atoms with van der Waals surface area (Å²) in [6.07, 6.45) is -13.4. The van der Waals surface area contributed by atoms with Gasteiger partial charge in [0.25, 0.3) is 0 Å². The fourth-order valence-electron chi connectivity index (χ4n) is 2.11. The largest absolute Gasteiger partial charge is 0.460 e. The van der Waals surface area contributed by atoms with E-state index in [2.05, 4.69) is 0 Å². The maximum atomic E-state index is 13.5. The Kier molecular flexibility index (Phi) is 7.87. The molecule has 0 radical (unpaired) electrons. The number of hydrogen-bond donors (Lipinski definition) is 1. The quantitative estimate of drug-likeness (QED) is 0.395. The third-order valence-electron chi connectivity index (χ3n) is 3.85. The van der Waals surface area contributed by atoms with Gasteiger partial charge in [0, 0.05) is 13.0 Å². The number of hydrogen-bond acceptors (Lipinski definition) is 2. The molecule has 0 spiro atoms. The molecule has 1 atom stereocenters. The van der Waals surface area contributed by atoms with E-state index in [-0.39, 0.29) is 0 Å². The number of halogens is 17. The van der Waals surface area contributed by atoms with Crippen LogP contribution in [0.25, 0.3) is 0 Å². The zero-order chi connectivity index (χ0) is 26.6. The Morgan fingerprint density at radius 2 is 0.812 bits per heavy atom. The number of aliphatic hydroxyl groups is 1. The van der Waals surface area contributed by atoms with Gasteiger partial charge in [-0.3, -0.25) is 0 Å². The average Bonchev–Trinajstić information content (AvgIpc) is 2.50. The molecule has 0 amide bonds. The number of alkyl halides is 17. The van der Waals surface area contributed by atoms with Crippen molar-refractivity contribution in [2.45, 2.75) is 60.2 Å². The third-order valence-corrected chi connectivity index (χ3v) is 3.85. The molecule has 0 saturated heterocycles. The lowest BCUT2D eigenvalue weighted by atomic mass is 9.87. The van der Waals surface area contributed by atoms with Crippen molar-refractivity contribution >= 4 is 0 Å². The van der Waals surface area contributed by atoms with Gasteiger partial charge in [-0.25, -0.2) is 0 Å². The molecule has 0 saturated carbocycles. The van der Waals surface area contributed by atoms with Crippen LogP contribution in [-0.2, 0) is 0 Å². The number of rotatable bonds is 10. The van der Waals surface area contributed by atoms with Crippen LogP contribution < -0.4 is 0 Å². The molecule has 0 fully saturated rings. The van der Waals surface area contributed by atoms with Crippen molar-refractivity contribution in [3.8, 4) is 0 Å². The summed E-state index contributed by atoms with van der Waals surface area (Å²) in [5.41, 5.74) is 0. The molecule has 0 aliphatic carbocycles. The van der Waals surface area contributed by atoms with Crippen molar-refractivity contribution < 1.29 is 79.7 Å². The molecule has 0 aromatic rings. The molecule has 0 bridgehead atoms. The van der Waals surface area contributed by atoms with Crippen LogP contribution in [0.2, 0.25) is 0 Å². The number of likely N-dealkylation sites (N-methyl/N-ethyl adjacent to an activating group) is 1. The molecule has 194 valence electrons. The SMILES string of the molecule is CN(C)CC(O)CC(F)(F)C(F)(F)C(F)(F)C(F)(F)C(F)(F)C(F)(F)C(F)(F)C(F)(F)F. The van der Waals surface area contributed by atoms with E-state index >= 15 is 0 Å². The molecule has 19 heteroatoms. The molecular formula is C13H12F17NO. The topological polar surface area (TPSA) is 23.5 Å². The highest BCUT2D eigenvalue weighted by molar-refractivity contribution is 5.15. The van der Waals surface area contributed by atoms with E-state index in [9.17, 15) is 74.6 Å². The standard InChI is InChI=1S/C13H12F17NO/c1-31(2)4-5(32)3-6(14,15)7(16,17)8(18,19)9(20,21)10(22,23)11(24,25)12(26,27)13(28,29)30/h5,32H,3-4H2,1-2H3. The average molecular weight is 521 g/mol. The molecule has 1 unspecified atom stereocenters. The predicted octanol–water partition coefficient (Wildman–Crippen LogP) is 5.31. The van der Waals surface area contributed by atoms with Crippen LogP contribution in [0, 0.1) is 0 Å². The van der Waals surface area contributed by atoms with Gasteiger partial charge in [0.1, 0.15) is 0 Å². The summed E-state index contributed by atoms with van der Waals surface area (Å²) in [6, 6.07) is 0. The fourth-order valence-corrected chi connectivity index (χ4v) is 2.11. The summed E-state index contributed by atoms with van der Waals surface area (Å²) in [7, 11) is 1.98. The van der Waals surface area contributed by atoms with E-state index in [0.29, 0.717) is 0 Å². The second-order valence-corrected chi connectivity index (χ2v) is 6.77. The second-order valence-electron chi connectivity index (χ2n) is 6.77. The molecule has 32 heavy (non-hydrogen) atoms. The van der Waals surface area contributed by atoms with Gasteiger partial charge in [0.05, 0.1) is 6.10 Å². The zero-order valence-corrected chi connectivity index (χ0v) is 15.3. The first-order valence-electron chi connectivity index (χ1n) is 7.60. The van der Waals surface area contributed by atoms with Crippen molar-refractivity contribution in [2.75, 3.05) is 20.6 Å². The highest BCUT2D eigenvalue weighted by atomic mass is 19.4. The van der Waals surface area contributed by atoms with Crippen LogP contribution >= 0.6 is 0 Å². The van der Waals surface area contributed by atoms with E-state index in [1.54, 1.807) is 0 Å². The summed E-state index contributed by atoms with van der Waals surface area (Å²) in [5.74, 6) is -56.6. The Morgan fingerprint density at radius 1 is 0.531 bits per heavy atom. The zero-order valence-electron chi connectivity index (χ0n) is 15.3. The van der Waals surface area contributed by atoms with Gasteiger partial charge in [0.2, 0.25) is 0 Å². The summed E-state index contributed by atoms with van der Waals surface area (Å²) in [4.78, 5) is 0.763. The van der Waals surface area contributed by atoms with Crippen molar-refractivity contribution in [1.29, 1.82) is 0 Å². The highest BCUT2D eigenvalue weighted by Crippen LogP contribution is 2.64. The van der Waals surface area contributed by atoms with Gasteiger partial charge < -0.3 is 10.0 Å². The van der Waals surface area contributed by atoms with Crippen molar-refractivity contribution in [3.63, 3.8) is 0 Å². The minimum atomic E-state index is -8.65. The number of aliphatic hydroxyl groups excluding tert-OH is 1. The lowest BCUT2D eigenvalue weighted by Crippen LogP contribution is -2.74. The third kappa shape index (κ3) is 4.42. The first-order valence-corrected chi connectivity index (χ1v) is 7.60. The van der Waals surface area contributed by atoms with Gasteiger partial charge in [-0.1, -0.05) is 0 Å². The Balaban J connectivity index is 6.53. The van der Waals surface area contributed by atoms with E-state index < -0.39 is 66.7 Å². The smallest absolute Gasteiger partial charge is 0.392 e. The van der Waals surface area contributed by atoms with Gasteiger partial charge >= 0.3 is 47.6 Å². The fraction of sp³-hybridized carbons (Fsp3) is 1.00. The lowest BCUT2D eigenvalue weighted by molar-refractivity contribution is -0.462. The van der Waals surface area contributed by atoms with Crippen LogP contribution in [0.15, 0.2) is 0 Å². The first-order chi connectivity index (χ1) is 13.6. The molecule has 0 rings (SSSR count). The van der Waals surface area contributed by atoms with E-state index in [1.165, 1.54) is 0 Å². The van der Waals surface area contributed by atoms with Gasteiger partial charge in [-0.15, -0.1) is 0 Å². The summed E-state index contributed by atoms with van der Waals surface area (Å²) in [5, 5.41) is 9.09. The molecular weight excluding hydrogens is 509 g/mol.